The second-order valence-corrected chi connectivity index (χ2v) is 6.14. The van der Waals surface area contributed by atoms with Gasteiger partial charge in [0.25, 0.3) is 0 Å². The van der Waals surface area contributed by atoms with Gasteiger partial charge in [0.2, 0.25) is 5.78 Å². The third kappa shape index (κ3) is 1.74. The number of nitrogens with two attached hydrogens (primary N) is 1. The summed E-state index contributed by atoms with van der Waals surface area (Å²) >= 11 is 0. The van der Waals surface area contributed by atoms with Gasteiger partial charge in [-0.05, 0) is 6.92 Å². The summed E-state index contributed by atoms with van der Waals surface area (Å²) in [7, 11) is 0. The van der Waals surface area contributed by atoms with Crippen LogP contribution in [-0.2, 0) is 9.47 Å². The number of Topliss-reactive ketones (excluding diaryl/α,β-unsaturated/α-hetero) is 1. The number of ether oxygens (including phenoxy) is 2. The lowest BCUT2D eigenvalue weighted by atomic mass is 9.86. The molecule has 1 aromatic heterocycles. The number of nitrogens with one attached hydrogen (secondary N) is 1. The first-order valence-corrected chi connectivity index (χ1v) is 7.20. The molecule has 4 rings (SSSR count). The second kappa shape index (κ2) is 4.51. The Morgan fingerprint density at radius 2 is 2.39 bits per heavy atom. The largest absolute Gasteiger partial charge is 0.393 e. The topological polar surface area (TPSA) is 144 Å². The Labute approximate surface area is 130 Å². The molecule has 4 heterocycles. The van der Waals surface area contributed by atoms with Crippen molar-refractivity contribution in [3.8, 4) is 0 Å². The van der Waals surface area contributed by atoms with Crippen LogP contribution in [0.3, 0.4) is 0 Å². The predicted molar refractivity (Wildman–Crippen MR) is 76.1 cm³/mol. The zero-order chi connectivity index (χ0) is 16.4. The average molecular weight is 323 g/mol. The Morgan fingerprint density at radius 3 is 3.09 bits per heavy atom. The standard InChI is InChI=1S/C13H17N5O5/c1-12(21)8-10(23-13(12,3-19)4-22-8)18-5-16-7-6(20)2-15-11(14)17-9(7)18/h5,8,10,19,21H,2-4H2,1H3,(H3,14,15,17)/t8-,10+,12?,13-/m0/s1. The highest BCUT2D eigenvalue weighted by Crippen LogP contribution is 2.52. The number of nitrogens with zero attached hydrogens (tertiary/aromatic N) is 3. The first-order chi connectivity index (χ1) is 10.9. The van der Waals surface area contributed by atoms with E-state index in [1.165, 1.54) is 10.9 Å². The summed E-state index contributed by atoms with van der Waals surface area (Å²) in [5.41, 5.74) is 3.27. The Bertz CT molecular complexity index is 714. The van der Waals surface area contributed by atoms with Crippen molar-refractivity contribution in [3.63, 3.8) is 0 Å². The fourth-order valence-corrected chi connectivity index (χ4v) is 3.30. The van der Waals surface area contributed by atoms with Gasteiger partial charge in [0.1, 0.15) is 17.3 Å². The number of fused-ring (bicyclic) bond motifs is 3. The normalized spacial score (nSPS) is 38.9. The van der Waals surface area contributed by atoms with E-state index in [1.54, 1.807) is 6.92 Å². The van der Waals surface area contributed by atoms with Gasteiger partial charge in [-0.3, -0.25) is 9.36 Å². The summed E-state index contributed by atoms with van der Waals surface area (Å²) in [6.45, 7) is 1.25. The fraction of sp³-hybridized carbons (Fsp3) is 0.615. The maximum atomic E-state index is 12.1. The Morgan fingerprint density at radius 1 is 1.61 bits per heavy atom. The predicted octanol–water partition coefficient (Wildman–Crippen LogP) is -1.98. The van der Waals surface area contributed by atoms with Crippen molar-refractivity contribution in [2.24, 2.45) is 10.7 Å². The molecule has 0 spiro atoms. The van der Waals surface area contributed by atoms with Crippen molar-refractivity contribution in [3.05, 3.63) is 12.0 Å². The molecule has 23 heavy (non-hydrogen) atoms. The molecule has 124 valence electrons. The average Bonchev–Trinajstić information content (AvgIpc) is 3.08. The van der Waals surface area contributed by atoms with Gasteiger partial charge >= 0.3 is 0 Å². The SMILES string of the molecule is CC1(O)[C@H]2OC[C@]1(CO)O[C@H]2n1cnc2c1N=C(N)NCC2=O. The van der Waals surface area contributed by atoms with Gasteiger partial charge in [-0.25, -0.2) is 4.98 Å². The molecule has 1 aromatic rings. The van der Waals surface area contributed by atoms with E-state index in [0.29, 0.717) is 0 Å². The maximum absolute atomic E-state index is 12.1. The van der Waals surface area contributed by atoms with Crippen LogP contribution < -0.4 is 11.1 Å². The number of hydrogen-bond donors (Lipinski definition) is 4. The van der Waals surface area contributed by atoms with Crippen LogP contribution >= 0.6 is 0 Å². The Balaban J connectivity index is 1.80. The Hall–Kier alpha value is -2.01. The number of rotatable bonds is 2. The number of aliphatic hydroxyl groups is 2. The molecule has 10 nitrogen and oxygen atoms in total. The monoisotopic (exact) mass is 323 g/mol. The van der Waals surface area contributed by atoms with Crippen LogP contribution in [0.1, 0.15) is 23.6 Å². The third-order valence-electron chi connectivity index (χ3n) is 4.80. The highest BCUT2D eigenvalue weighted by molar-refractivity contribution is 6.03. The van der Waals surface area contributed by atoms with Gasteiger partial charge in [-0.1, -0.05) is 0 Å². The van der Waals surface area contributed by atoms with Gasteiger partial charge in [-0.2, -0.15) is 4.99 Å². The van der Waals surface area contributed by atoms with Gasteiger partial charge < -0.3 is 30.7 Å². The molecule has 3 aliphatic heterocycles. The van der Waals surface area contributed by atoms with Crippen LogP contribution in [0.15, 0.2) is 11.3 Å². The smallest absolute Gasteiger partial charge is 0.204 e. The summed E-state index contributed by atoms with van der Waals surface area (Å²) in [6, 6.07) is 0. The zero-order valence-electron chi connectivity index (χ0n) is 12.4. The lowest BCUT2D eigenvalue weighted by Crippen LogP contribution is -2.52. The van der Waals surface area contributed by atoms with E-state index in [0.717, 1.165) is 0 Å². The van der Waals surface area contributed by atoms with Crippen molar-refractivity contribution in [1.82, 2.24) is 14.9 Å². The maximum Gasteiger partial charge on any atom is 0.204 e. The van der Waals surface area contributed by atoms with Crippen LogP contribution in [0.2, 0.25) is 0 Å². The Kier molecular flexibility index (Phi) is 2.86. The quantitative estimate of drug-likeness (QED) is 0.490. The van der Waals surface area contributed by atoms with Crippen molar-refractivity contribution < 1.29 is 24.5 Å². The molecule has 1 unspecified atom stereocenters. The minimum absolute atomic E-state index is 0.00307. The van der Waals surface area contributed by atoms with E-state index in [1.807, 2.05) is 0 Å². The number of guanidine groups is 1. The third-order valence-corrected chi connectivity index (χ3v) is 4.80. The number of aliphatic hydroxyl groups excluding tert-OH is 1. The van der Waals surface area contributed by atoms with Crippen LogP contribution in [0.25, 0.3) is 0 Å². The summed E-state index contributed by atoms with van der Waals surface area (Å²) in [5, 5.41) is 23.0. The number of imidazole rings is 1. The first-order valence-electron chi connectivity index (χ1n) is 7.20. The zero-order valence-corrected chi connectivity index (χ0v) is 12.4. The van der Waals surface area contributed by atoms with Crippen LogP contribution in [-0.4, -0.2) is 68.6 Å². The summed E-state index contributed by atoms with van der Waals surface area (Å²) in [5.74, 6) is 0.0738. The van der Waals surface area contributed by atoms with E-state index < -0.39 is 30.1 Å². The molecule has 0 radical (unpaired) electrons. The van der Waals surface area contributed by atoms with Crippen LogP contribution in [0.5, 0.6) is 0 Å². The molecule has 0 amide bonds. The van der Waals surface area contributed by atoms with E-state index in [9.17, 15) is 15.0 Å². The number of aliphatic imine (C=N–C) groups is 1. The molecule has 0 saturated carbocycles. The highest BCUT2D eigenvalue weighted by atomic mass is 16.7. The molecule has 3 aliphatic rings. The second-order valence-electron chi connectivity index (χ2n) is 6.14. The van der Waals surface area contributed by atoms with Gasteiger partial charge in [0.05, 0.1) is 26.1 Å². The van der Waals surface area contributed by atoms with Crippen molar-refractivity contribution >= 4 is 17.6 Å². The van der Waals surface area contributed by atoms with Crippen molar-refractivity contribution in [2.75, 3.05) is 19.8 Å². The van der Waals surface area contributed by atoms with E-state index in [2.05, 4.69) is 15.3 Å². The van der Waals surface area contributed by atoms with Gasteiger partial charge in [-0.15, -0.1) is 0 Å². The molecule has 5 N–H and O–H groups in total. The summed E-state index contributed by atoms with van der Waals surface area (Å²) in [4.78, 5) is 20.3. The molecule has 10 heteroatoms. The van der Waals surface area contributed by atoms with Crippen molar-refractivity contribution in [1.29, 1.82) is 0 Å². The van der Waals surface area contributed by atoms with Crippen LogP contribution in [0.4, 0.5) is 5.82 Å². The first kappa shape index (κ1) is 14.6. The number of carbonyl (C=O) groups excluding carboxylic acids is 1. The van der Waals surface area contributed by atoms with E-state index in [4.69, 9.17) is 15.2 Å². The number of hydrogen-bond acceptors (Lipinski definition) is 9. The molecule has 2 bridgehead atoms. The minimum atomic E-state index is -1.38. The minimum Gasteiger partial charge on any atom is -0.393 e. The molecular formula is C13H17N5O5. The summed E-state index contributed by atoms with van der Waals surface area (Å²) in [6.07, 6.45) is -0.0964. The molecular weight excluding hydrogens is 306 g/mol. The lowest BCUT2D eigenvalue weighted by Gasteiger charge is -2.31. The fourth-order valence-electron chi connectivity index (χ4n) is 3.30. The van der Waals surface area contributed by atoms with E-state index in [-0.39, 0.29) is 36.4 Å². The molecule has 0 aromatic carbocycles. The highest BCUT2D eigenvalue weighted by Gasteiger charge is 2.69. The van der Waals surface area contributed by atoms with Gasteiger partial charge in [0, 0.05) is 0 Å². The summed E-state index contributed by atoms with van der Waals surface area (Å²) < 4.78 is 13.0. The molecule has 0 aliphatic carbocycles. The lowest BCUT2D eigenvalue weighted by molar-refractivity contribution is -0.190. The van der Waals surface area contributed by atoms with Gasteiger partial charge in [0.15, 0.2) is 23.7 Å². The number of aromatic nitrogens is 2. The molecule has 2 saturated heterocycles. The van der Waals surface area contributed by atoms with Crippen LogP contribution in [0, 0.1) is 0 Å². The molecule has 4 atom stereocenters. The van der Waals surface area contributed by atoms with Crippen molar-refractivity contribution in [2.45, 2.75) is 30.5 Å². The number of carbonyl (C=O) groups is 1. The number of ketones is 1. The van der Waals surface area contributed by atoms with E-state index >= 15 is 0 Å². The molecule has 2 fully saturated rings.